The van der Waals surface area contributed by atoms with Gasteiger partial charge in [-0.2, -0.15) is 0 Å². The lowest BCUT2D eigenvalue weighted by molar-refractivity contribution is -0.397. The number of hydrogen-bond acceptors (Lipinski definition) is 20. The SMILES string of the molecule is CC1O[C@@H](O[C@@H]2C(CO)OC(OC(C)(C)C)C(C)[C@H]2O[C@@H]2OC(CO)[C@H](O)[C@H](O[C@]3(C(=O)O)C[C@@H](O)[C@@H](C)C([C@H](O)[C@H](O)CO)O3)C2O)C(O)[C@@H](O)[C@@H]1O. The molecule has 0 radical (unpaired) electrons. The number of aliphatic hydroxyl groups is 11. The van der Waals surface area contributed by atoms with Crippen molar-refractivity contribution >= 4 is 5.97 Å². The van der Waals surface area contributed by atoms with Crippen LogP contribution >= 0.6 is 0 Å². The van der Waals surface area contributed by atoms with Crippen LogP contribution in [0.4, 0.5) is 0 Å². The molecule has 54 heavy (non-hydrogen) atoms. The molecule has 21 heteroatoms. The Kier molecular flexibility index (Phi) is 15.2. The molecule has 8 unspecified atom stereocenters. The van der Waals surface area contributed by atoms with Crippen molar-refractivity contribution in [2.24, 2.45) is 11.8 Å². The second-order valence-corrected chi connectivity index (χ2v) is 15.5. The fourth-order valence-corrected chi connectivity index (χ4v) is 7.02. The highest BCUT2D eigenvalue weighted by atomic mass is 16.8. The van der Waals surface area contributed by atoms with Crippen LogP contribution in [-0.2, 0) is 42.7 Å². The van der Waals surface area contributed by atoms with E-state index >= 15 is 0 Å². The van der Waals surface area contributed by atoms with Crippen molar-refractivity contribution in [3.8, 4) is 0 Å². The molecule has 0 bridgehead atoms. The Morgan fingerprint density at radius 1 is 0.741 bits per heavy atom. The van der Waals surface area contributed by atoms with Crippen LogP contribution in [0.5, 0.6) is 0 Å². The van der Waals surface area contributed by atoms with E-state index in [1.807, 2.05) is 0 Å². The van der Waals surface area contributed by atoms with Gasteiger partial charge in [0.2, 0.25) is 0 Å². The monoisotopic (exact) mass is 790 g/mol. The molecule has 4 rings (SSSR count). The van der Waals surface area contributed by atoms with Crippen molar-refractivity contribution in [1.29, 1.82) is 0 Å². The summed E-state index contributed by atoms with van der Waals surface area (Å²) in [6.07, 6.45) is -30.0. The van der Waals surface area contributed by atoms with Crippen LogP contribution in [0.25, 0.3) is 0 Å². The molecule has 0 amide bonds. The molecule has 0 aromatic rings. The largest absolute Gasteiger partial charge is 0.477 e. The first kappa shape index (κ1) is 45.4. The first-order valence-corrected chi connectivity index (χ1v) is 17.9. The maximum atomic E-state index is 12.8. The number of carboxylic acid groups (broad SMARTS) is 1. The van der Waals surface area contributed by atoms with Gasteiger partial charge in [-0.05, 0) is 27.7 Å². The third-order valence-electron chi connectivity index (χ3n) is 10.3. The number of rotatable bonds is 13. The van der Waals surface area contributed by atoms with Crippen LogP contribution < -0.4 is 0 Å². The fourth-order valence-electron chi connectivity index (χ4n) is 7.02. The maximum absolute atomic E-state index is 12.8. The van der Waals surface area contributed by atoms with Gasteiger partial charge in [0.05, 0.1) is 49.8 Å². The van der Waals surface area contributed by atoms with E-state index in [9.17, 15) is 66.1 Å². The smallest absolute Gasteiger partial charge is 0.364 e. The predicted molar refractivity (Wildman–Crippen MR) is 175 cm³/mol. The van der Waals surface area contributed by atoms with E-state index in [2.05, 4.69) is 0 Å². The molecule has 0 aromatic heterocycles. The molecule has 21 nitrogen and oxygen atoms in total. The van der Waals surface area contributed by atoms with Gasteiger partial charge < -0.3 is 99.2 Å². The molecule has 4 saturated heterocycles. The second-order valence-electron chi connectivity index (χ2n) is 15.5. The van der Waals surface area contributed by atoms with Gasteiger partial charge in [0, 0.05) is 18.3 Å². The molecule has 0 aromatic carbocycles. The number of carbonyl (C=O) groups is 1. The lowest BCUT2D eigenvalue weighted by Gasteiger charge is -2.51. The zero-order valence-corrected chi connectivity index (χ0v) is 30.9. The van der Waals surface area contributed by atoms with E-state index in [-0.39, 0.29) is 0 Å². The van der Waals surface area contributed by atoms with E-state index in [1.165, 1.54) is 13.8 Å². The number of hydrogen-bond donors (Lipinski definition) is 12. The Bertz CT molecular complexity index is 1210. The minimum absolute atomic E-state index is 0.722. The third-order valence-corrected chi connectivity index (χ3v) is 10.3. The summed E-state index contributed by atoms with van der Waals surface area (Å²) in [6.45, 7) is 7.02. The molecule has 0 spiro atoms. The van der Waals surface area contributed by atoms with Crippen molar-refractivity contribution in [3.05, 3.63) is 0 Å². The number of aliphatic carboxylic acids is 1. The number of ether oxygens (including phenoxy) is 8. The Morgan fingerprint density at radius 2 is 1.31 bits per heavy atom. The maximum Gasteiger partial charge on any atom is 0.364 e. The van der Waals surface area contributed by atoms with Gasteiger partial charge in [0.25, 0.3) is 5.79 Å². The lowest BCUT2D eigenvalue weighted by Crippen LogP contribution is -2.68. The van der Waals surface area contributed by atoms with Crippen LogP contribution in [0.2, 0.25) is 0 Å². The first-order valence-electron chi connectivity index (χ1n) is 17.9. The quantitative estimate of drug-likeness (QED) is 0.0830. The summed E-state index contributed by atoms with van der Waals surface area (Å²) < 4.78 is 47.3. The van der Waals surface area contributed by atoms with E-state index in [0.29, 0.717) is 0 Å². The zero-order chi connectivity index (χ0) is 40.6. The Hall–Kier alpha value is -1.29. The molecule has 4 fully saturated rings. The van der Waals surface area contributed by atoms with Gasteiger partial charge in [-0.25, -0.2) is 4.79 Å². The average Bonchev–Trinajstić information content (AvgIpc) is 3.11. The van der Waals surface area contributed by atoms with Crippen molar-refractivity contribution in [3.63, 3.8) is 0 Å². The highest BCUT2D eigenvalue weighted by molar-refractivity contribution is 5.76. The summed E-state index contributed by atoms with van der Waals surface area (Å²) in [6, 6.07) is 0. The molecular formula is C33H58O21. The molecule has 0 saturated carbocycles. The van der Waals surface area contributed by atoms with Gasteiger partial charge >= 0.3 is 5.97 Å². The van der Waals surface area contributed by atoms with E-state index in [4.69, 9.17) is 37.9 Å². The van der Waals surface area contributed by atoms with Crippen LogP contribution in [0, 0.1) is 11.8 Å². The zero-order valence-electron chi connectivity index (χ0n) is 30.9. The molecule has 4 heterocycles. The van der Waals surface area contributed by atoms with Crippen LogP contribution in [0.15, 0.2) is 0 Å². The summed E-state index contributed by atoms with van der Waals surface area (Å²) in [4.78, 5) is 12.8. The summed E-state index contributed by atoms with van der Waals surface area (Å²) in [7, 11) is 0. The van der Waals surface area contributed by atoms with Gasteiger partial charge in [0.15, 0.2) is 18.9 Å². The minimum Gasteiger partial charge on any atom is -0.477 e. The third kappa shape index (κ3) is 9.52. The lowest BCUT2D eigenvalue weighted by atomic mass is 9.84. The van der Waals surface area contributed by atoms with Gasteiger partial charge in [-0.3, -0.25) is 0 Å². The number of carboxylic acids is 1. The van der Waals surface area contributed by atoms with Gasteiger partial charge in [-0.15, -0.1) is 0 Å². The van der Waals surface area contributed by atoms with Crippen LogP contribution in [0.3, 0.4) is 0 Å². The molecule has 4 aliphatic rings. The topological polar surface area (TPSA) is 334 Å². The van der Waals surface area contributed by atoms with Crippen LogP contribution in [0.1, 0.15) is 48.0 Å². The van der Waals surface area contributed by atoms with Crippen molar-refractivity contribution in [2.45, 2.75) is 170 Å². The van der Waals surface area contributed by atoms with E-state index in [0.717, 1.165) is 0 Å². The molecule has 21 atom stereocenters. The van der Waals surface area contributed by atoms with E-state index in [1.54, 1.807) is 27.7 Å². The predicted octanol–water partition coefficient (Wildman–Crippen LogP) is -5.14. The van der Waals surface area contributed by atoms with Gasteiger partial charge in [0.1, 0.15) is 67.1 Å². The van der Waals surface area contributed by atoms with Crippen molar-refractivity contribution in [1.82, 2.24) is 0 Å². The molecule has 0 aliphatic carbocycles. The number of aliphatic hydroxyl groups excluding tert-OH is 11. The summed E-state index contributed by atoms with van der Waals surface area (Å²) in [5.74, 6) is -6.62. The average molecular weight is 791 g/mol. The fraction of sp³-hybridized carbons (Fsp3) is 0.970. The Labute approximate surface area is 311 Å². The summed E-state index contributed by atoms with van der Waals surface area (Å²) in [5, 5.41) is 126. The summed E-state index contributed by atoms with van der Waals surface area (Å²) in [5.41, 5.74) is -0.812. The molecule has 316 valence electrons. The van der Waals surface area contributed by atoms with Gasteiger partial charge in [-0.1, -0.05) is 13.8 Å². The normalized spacial score (nSPS) is 47.6. The highest BCUT2D eigenvalue weighted by Gasteiger charge is 2.59. The van der Waals surface area contributed by atoms with Crippen molar-refractivity contribution < 1.29 is 104 Å². The molecule has 4 aliphatic heterocycles. The molecular weight excluding hydrogens is 732 g/mol. The summed E-state index contributed by atoms with van der Waals surface area (Å²) >= 11 is 0. The van der Waals surface area contributed by atoms with Crippen molar-refractivity contribution in [2.75, 3.05) is 19.8 Å². The van der Waals surface area contributed by atoms with Crippen LogP contribution in [-0.4, -0.2) is 209 Å². The van der Waals surface area contributed by atoms with E-state index < -0.39 is 166 Å². The minimum atomic E-state index is -2.89. The second kappa shape index (κ2) is 18.1. The highest BCUT2D eigenvalue weighted by Crippen LogP contribution is 2.41. The Balaban J connectivity index is 1.69. The molecule has 12 N–H and O–H groups in total. The first-order chi connectivity index (χ1) is 25.1. The standard InChI is InChI=1S/C33H58O21/c1-11-14(37)7-33(31(45)46,52-24(11)19(40)15(38)8-34)53-27-20(41)16(9-35)48-30(23(27)44)50-25-12(2)28(54-32(4,5)6)49-17(10-36)26(25)51-29-22(43)21(42)18(39)13(3)47-29/h11-30,34-44H,7-10H2,1-6H3,(H,45,46)/t11-,12?,13?,14-,15-,16?,17?,18-,19-,20+,21+,22?,23?,24?,25-,26-,27+,28?,29+,30+,33+/m1/s1. The Morgan fingerprint density at radius 3 is 1.87 bits per heavy atom.